The molecule has 0 radical (unpaired) electrons. The Hall–Kier alpha value is -2.86. The van der Waals surface area contributed by atoms with Crippen molar-refractivity contribution >= 4 is 40.2 Å². The highest BCUT2D eigenvalue weighted by atomic mass is 32.2. The Bertz CT molecular complexity index is 1010. The Morgan fingerprint density at radius 1 is 1.03 bits per heavy atom. The van der Waals surface area contributed by atoms with Crippen molar-refractivity contribution in [2.75, 3.05) is 24.2 Å². The van der Waals surface area contributed by atoms with Crippen molar-refractivity contribution in [1.82, 2.24) is 9.88 Å². The van der Waals surface area contributed by atoms with Crippen molar-refractivity contribution in [2.24, 2.45) is 0 Å². The minimum absolute atomic E-state index is 0.00109. The van der Waals surface area contributed by atoms with Gasteiger partial charge in [0.25, 0.3) is 5.91 Å². The van der Waals surface area contributed by atoms with Crippen LogP contribution in [0, 0.1) is 6.92 Å². The quantitative estimate of drug-likeness (QED) is 0.574. The average Bonchev–Trinajstić information content (AvgIpc) is 2.73. The molecule has 1 N–H and O–H groups in total. The second-order valence-corrected chi connectivity index (χ2v) is 7.68. The van der Waals surface area contributed by atoms with Crippen LogP contribution in [0.4, 0.5) is 5.69 Å². The van der Waals surface area contributed by atoms with Crippen LogP contribution in [0.2, 0.25) is 0 Å². The lowest BCUT2D eigenvalue weighted by atomic mass is 10.1. The van der Waals surface area contributed by atoms with E-state index in [1.165, 1.54) is 11.8 Å². The van der Waals surface area contributed by atoms with Gasteiger partial charge in [-0.15, -0.1) is 0 Å². The summed E-state index contributed by atoms with van der Waals surface area (Å²) in [5.41, 5.74) is 3.38. The molecule has 0 unspecified atom stereocenters. The Morgan fingerprint density at radius 2 is 1.72 bits per heavy atom. The number of nitrogens with zero attached hydrogens (tertiary/aromatic N) is 2. The molecule has 6 heteroatoms. The van der Waals surface area contributed by atoms with Crippen LogP contribution in [0.15, 0.2) is 59.6 Å². The van der Waals surface area contributed by atoms with Crippen molar-refractivity contribution in [3.63, 3.8) is 0 Å². The predicted molar refractivity (Wildman–Crippen MR) is 120 cm³/mol. The third-order valence-corrected chi connectivity index (χ3v) is 5.63. The summed E-state index contributed by atoms with van der Waals surface area (Å²) in [4.78, 5) is 31.1. The fraction of sp³-hybridized carbons (Fsp3) is 0.261. The van der Waals surface area contributed by atoms with E-state index in [-0.39, 0.29) is 17.6 Å². The second kappa shape index (κ2) is 9.56. The zero-order chi connectivity index (χ0) is 20.8. The zero-order valence-corrected chi connectivity index (χ0v) is 17.8. The van der Waals surface area contributed by atoms with E-state index in [4.69, 9.17) is 0 Å². The van der Waals surface area contributed by atoms with E-state index >= 15 is 0 Å². The molecule has 0 fully saturated rings. The molecular weight excluding hydrogens is 382 g/mol. The lowest BCUT2D eigenvalue weighted by molar-refractivity contribution is -0.113. The molecule has 0 saturated carbocycles. The molecule has 29 heavy (non-hydrogen) atoms. The monoisotopic (exact) mass is 407 g/mol. The minimum Gasteiger partial charge on any atom is -0.339 e. The average molecular weight is 408 g/mol. The van der Waals surface area contributed by atoms with Crippen LogP contribution in [-0.2, 0) is 4.79 Å². The molecule has 0 atom stereocenters. The van der Waals surface area contributed by atoms with Gasteiger partial charge in [-0.3, -0.25) is 9.59 Å². The molecule has 0 aliphatic rings. The third-order valence-electron chi connectivity index (χ3n) is 4.72. The number of hydrogen-bond donors (Lipinski definition) is 1. The molecule has 3 aromatic rings. The fourth-order valence-electron chi connectivity index (χ4n) is 3.12. The molecule has 2 amide bonds. The van der Waals surface area contributed by atoms with E-state index in [0.29, 0.717) is 24.3 Å². The van der Waals surface area contributed by atoms with Gasteiger partial charge in [0.1, 0.15) is 0 Å². The third kappa shape index (κ3) is 5.15. The topological polar surface area (TPSA) is 62.3 Å². The summed E-state index contributed by atoms with van der Waals surface area (Å²) in [6, 6.07) is 17.0. The second-order valence-electron chi connectivity index (χ2n) is 6.69. The molecule has 0 aliphatic carbocycles. The minimum atomic E-state index is -0.106. The largest absolute Gasteiger partial charge is 0.339 e. The van der Waals surface area contributed by atoms with Gasteiger partial charge in [-0.25, -0.2) is 4.98 Å². The number of hydrogen-bond acceptors (Lipinski definition) is 4. The highest BCUT2D eigenvalue weighted by Gasteiger charge is 2.12. The van der Waals surface area contributed by atoms with Crippen LogP contribution >= 0.6 is 11.8 Å². The van der Waals surface area contributed by atoms with Crippen molar-refractivity contribution in [2.45, 2.75) is 25.8 Å². The molecule has 0 spiro atoms. The van der Waals surface area contributed by atoms with Gasteiger partial charge in [-0.05, 0) is 62.7 Å². The van der Waals surface area contributed by atoms with E-state index < -0.39 is 0 Å². The Kier molecular flexibility index (Phi) is 6.88. The van der Waals surface area contributed by atoms with Crippen molar-refractivity contribution in [3.05, 3.63) is 65.7 Å². The maximum Gasteiger partial charge on any atom is 0.253 e. The summed E-state index contributed by atoms with van der Waals surface area (Å²) in [6.45, 7) is 7.31. The number of nitrogens with one attached hydrogen (secondary N) is 1. The van der Waals surface area contributed by atoms with Crippen molar-refractivity contribution in [3.8, 4) is 0 Å². The van der Waals surface area contributed by atoms with Crippen molar-refractivity contribution < 1.29 is 9.59 Å². The molecule has 0 bridgehead atoms. The maximum absolute atomic E-state index is 12.3. The summed E-state index contributed by atoms with van der Waals surface area (Å²) >= 11 is 1.41. The van der Waals surface area contributed by atoms with Crippen LogP contribution in [0.5, 0.6) is 0 Å². The van der Waals surface area contributed by atoms with Crippen LogP contribution in [0.3, 0.4) is 0 Å². The van der Waals surface area contributed by atoms with E-state index in [1.54, 1.807) is 29.2 Å². The van der Waals surface area contributed by atoms with E-state index in [0.717, 1.165) is 21.5 Å². The highest BCUT2D eigenvalue weighted by Crippen LogP contribution is 2.23. The number of rotatable bonds is 7. The number of amides is 2. The number of aryl methyl sites for hydroxylation is 1. The number of fused-ring (bicyclic) bond motifs is 1. The number of carbonyl (C=O) groups is 2. The Labute approximate surface area is 175 Å². The van der Waals surface area contributed by atoms with Crippen LogP contribution in [0.25, 0.3) is 10.9 Å². The molecule has 1 heterocycles. The van der Waals surface area contributed by atoms with E-state index in [9.17, 15) is 9.59 Å². The molecule has 1 aromatic heterocycles. The fourth-order valence-corrected chi connectivity index (χ4v) is 3.89. The van der Waals surface area contributed by atoms with E-state index in [1.807, 2.05) is 44.2 Å². The number of thioether (sulfide) groups is 1. The molecule has 0 saturated heterocycles. The Morgan fingerprint density at radius 3 is 2.41 bits per heavy atom. The lowest BCUT2D eigenvalue weighted by Crippen LogP contribution is -2.30. The zero-order valence-electron chi connectivity index (χ0n) is 16.9. The van der Waals surface area contributed by atoms with Crippen LogP contribution in [-0.4, -0.2) is 40.5 Å². The molecule has 0 aliphatic heterocycles. The maximum atomic E-state index is 12.3. The number of para-hydroxylation sites is 1. The summed E-state index contributed by atoms with van der Waals surface area (Å²) < 4.78 is 0. The van der Waals surface area contributed by atoms with Gasteiger partial charge < -0.3 is 10.2 Å². The van der Waals surface area contributed by atoms with E-state index in [2.05, 4.69) is 17.2 Å². The molecule has 150 valence electrons. The number of pyridine rings is 1. The summed E-state index contributed by atoms with van der Waals surface area (Å²) in [7, 11) is 0. The highest BCUT2D eigenvalue weighted by molar-refractivity contribution is 7.99. The molecule has 2 aromatic carbocycles. The number of anilines is 1. The van der Waals surface area contributed by atoms with Gasteiger partial charge in [0.15, 0.2) is 0 Å². The molecular formula is C23H25N3O2S. The summed E-state index contributed by atoms with van der Waals surface area (Å²) in [5.74, 6) is 0.164. The smallest absolute Gasteiger partial charge is 0.253 e. The Balaban J connectivity index is 1.59. The number of carbonyl (C=O) groups excluding carboxylic acids is 2. The van der Waals surface area contributed by atoms with Gasteiger partial charge >= 0.3 is 0 Å². The van der Waals surface area contributed by atoms with Gasteiger partial charge in [-0.1, -0.05) is 30.0 Å². The predicted octanol–water partition coefficient (Wildman–Crippen LogP) is 4.76. The molecule has 5 nitrogen and oxygen atoms in total. The number of aromatic nitrogens is 1. The van der Waals surface area contributed by atoms with Crippen LogP contribution in [0.1, 0.15) is 29.8 Å². The SMILES string of the molecule is CCN(CC)C(=O)c1ccc(NC(=O)CSc2cc(C)c3ccccc3n2)cc1. The first-order chi connectivity index (χ1) is 14.0. The van der Waals surface area contributed by atoms with Gasteiger partial charge in [0, 0.05) is 29.7 Å². The van der Waals surface area contributed by atoms with Crippen molar-refractivity contribution in [1.29, 1.82) is 0 Å². The van der Waals surface area contributed by atoms with Gasteiger partial charge in [0.2, 0.25) is 5.91 Å². The van der Waals surface area contributed by atoms with Crippen LogP contribution < -0.4 is 5.32 Å². The first-order valence-corrected chi connectivity index (χ1v) is 10.7. The summed E-state index contributed by atoms with van der Waals surface area (Å²) in [6.07, 6.45) is 0. The van der Waals surface area contributed by atoms with Gasteiger partial charge in [0.05, 0.1) is 16.3 Å². The first-order valence-electron chi connectivity index (χ1n) is 9.70. The lowest BCUT2D eigenvalue weighted by Gasteiger charge is -2.18. The number of benzene rings is 2. The normalized spacial score (nSPS) is 10.7. The summed E-state index contributed by atoms with van der Waals surface area (Å²) in [5, 5.41) is 4.83. The standard InChI is InChI=1S/C23H25N3O2S/c1-4-26(5-2)23(28)17-10-12-18(13-11-17)24-21(27)15-29-22-14-16(3)19-8-6-7-9-20(19)25-22/h6-14H,4-5,15H2,1-3H3,(H,24,27). The molecule has 3 rings (SSSR count). The van der Waals surface area contributed by atoms with Gasteiger partial charge in [-0.2, -0.15) is 0 Å². The first kappa shape index (κ1) is 20.9.